The van der Waals surface area contributed by atoms with Gasteiger partial charge in [0, 0.05) is 6.54 Å². The Bertz CT molecular complexity index is 699. The number of para-hydroxylation sites is 2. The van der Waals surface area contributed by atoms with Gasteiger partial charge in [-0.05, 0) is 43.3 Å². The van der Waals surface area contributed by atoms with Gasteiger partial charge in [-0.3, -0.25) is 4.31 Å². The van der Waals surface area contributed by atoms with E-state index in [4.69, 9.17) is 5.73 Å². The summed E-state index contributed by atoms with van der Waals surface area (Å²) < 4.78 is 39.3. The second-order valence-corrected chi connectivity index (χ2v) is 6.04. The Morgan fingerprint density at radius 1 is 1.10 bits per heavy atom. The summed E-state index contributed by atoms with van der Waals surface area (Å²) in [5, 5.41) is 0. The average Bonchev–Trinajstić information content (AvgIpc) is 2.42. The Kier molecular flexibility index (Phi) is 3.94. The standard InChI is InChI=1S/C14H15FN2O2S/c1-2-17(14-6-4-3-5-13(14)16)20(18,19)12-9-7-11(15)8-10-12/h3-10H,2,16H2,1H3. The fraction of sp³-hybridized carbons (Fsp3) is 0.143. The molecule has 0 aliphatic carbocycles. The molecule has 0 aromatic heterocycles. The molecule has 2 rings (SSSR count). The van der Waals surface area contributed by atoms with E-state index in [1.54, 1.807) is 31.2 Å². The zero-order valence-corrected chi connectivity index (χ0v) is 11.8. The Morgan fingerprint density at radius 2 is 1.70 bits per heavy atom. The molecule has 2 aromatic rings. The largest absolute Gasteiger partial charge is 0.397 e. The fourth-order valence-electron chi connectivity index (χ4n) is 1.92. The lowest BCUT2D eigenvalue weighted by Crippen LogP contribution is -2.31. The van der Waals surface area contributed by atoms with Crippen molar-refractivity contribution in [2.75, 3.05) is 16.6 Å². The van der Waals surface area contributed by atoms with E-state index in [0.29, 0.717) is 11.4 Å². The summed E-state index contributed by atoms with van der Waals surface area (Å²) in [6.45, 7) is 1.95. The average molecular weight is 294 g/mol. The highest BCUT2D eigenvalue weighted by molar-refractivity contribution is 7.92. The van der Waals surface area contributed by atoms with E-state index in [0.717, 1.165) is 12.1 Å². The van der Waals surface area contributed by atoms with E-state index in [-0.39, 0.29) is 11.4 Å². The molecule has 0 amide bonds. The highest BCUT2D eigenvalue weighted by Gasteiger charge is 2.24. The molecule has 0 aliphatic heterocycles. The number of nitrogens with two attached hydrogens (primary N) is 1. The van der Waals surface area contributed by atoms with Crippen molar-refractivity contribution in [2.45, 2.75) is 11.8 Å². The summed E-state index contributed by atoms with van der Waals surface area (Å²) in [5.41, 5.74) is 6.62. The Morgan fingerprint density at radius 3 is 2.25 bits per heavy atom. The van der Waals surface area contributed by atoms with Crippen LogP contribution in [0.1, 0.15) is 6.92 Å². The van der Waals surface area contributed by atoms with Gasteiger partial charge in [0.1, 0.15) is 5.82 Å². The predicted octanol–water partition coefficient (Wildman–Crippen LogP) is 2.62. The van der Waals surface area contributed by atoms with E-state index in [2.05, 4.69) is 0 Å². The highest BCUT2D eigenvalue weighted by atomic mass is 32.2. The van der Waals surface area contributed by atoms with E-state index in [1.165, 1.54) is 16.4 Å². The summed E-state index contributed by atoms with van der Waals surface area (Å²) in [4.78, 5) is 0.0315. The first-order valence-electron chi connectivity index (χ1n) is 6.09. The normalized spacial score (nSPS) is 11.3. The van der Waals surface area contributed by atoms with Crippen molar-refractivity contribution in [3.8, 4) is 0 Å². The first kappa shape index (κ1) is 14.3. The summed E-state index contributed by atoms with van der Waals surface area (Å²) in [5.74, 6) is -0.480. The number of anilines is 2. The Hall–Kier alpha value is -2.08. The topological polar surface area (TPSA) is 63.4 Å². The predicted molar refractivity (Wildman–Crippen MR) is 77.5 cm³/mol. The maximum Gasteiger partial charge on any atom is 0.264 e. The number of sulfonamides is 1. The summed E-state index contributed by atoms with van der Waals surface area (Å²) in [6, 6.07) is 11.5. The van der Waals surface area contributed by atoms with Gasteiger partial charge in [0.15, 0.2) is 0 Å². The van der Waals surface area contributed by atoms with Crippen molar-refractivity contribution < 1.29 is 12.8 Å². The van der Waals surface area contributed by atoms with Gasteiger partial charge >= 0.3 is 0 Å². The van der Waals surface area contributed by atoms with Crippen LogP contribution in [-0.4, -0.2) is 15.0 Å². The van der Waals surface area contributed by atoms with E-state index in [9.17, 15) is 12.8 Å². The van der Waals surface area contributed by atoms with Gasteiger partial charge in [0.2, 0.25) is 0 Å². The molecule has 2 N–H and O–H groups in total. The quantitative estimate of drug-likeness (QED) is 0.882. The first-order valence-corrected chi connectivity index (χ1v) is 7.53. The lowest BCUT2D eigenvalue weighted by Gasteiger charge is -2.24. The Balaban J connectivity index is 2.51. The van der Waals surface area contributed by atoms with Gasteiger partial charge in [-0.1, -0.05) is 12.1 Å². The van der Waals surface area contributed by atoms with Gasteiger partial charge in [0.05, 0.1) is 16.3 Å². The molecule has 6 heteroatoms. The van der Waals surface area contributed by atoms with Crippen LogP contribution in [0.15, 0.2) is 53.4 Å². The number of rotatable bonds is 4. The molecule has 20 heavy (non-hydrogen) atoms. The molecule has 0 atom stereocenters. The lowest BCUT2D eigenvalue weighted by molar-refractivity contribution is 0.590. The molecule has 0 fully saturated rings. The molecule has 0 heterocycles. The van der Waals surface area contributed by atoms with Crippen molar-refractivity contribution in [1.29, 1.82) is 0 Å². The molecule has 0 radical (unpaired) electrons. The molecule has 106 valence electrons. The van der Waals surface area contributed by atoms with Crippen LogP contribution in [-0.2, 0) is 10.0 Å². The van der Waals surface area contributed by atoms with Gasteiger partial charge in [-0.25, -0.2) is 12.8 Å². The SMILES string of the molecule is CCN(c1ccccc1N)S(=O)(=O)c1ccc(F)cc1. The molecule has 2 aromatic carbocycles. The Labute approximate surface area is 117 Å². The van der Waals surface area contributed by atoms with Crippen LogP contribution >= 0.6 is 0 Å². The van der Waals surface area contributed by atoms with Crippen molar-refractivity contribution in [1.82, 2.24) is 0 Å². The first-order chi connectivity index (χ1) is 9.46. The molecule has 0 saturated heterocycles. The van der Waals surface area contributed by atoms with Crippen LogP contribution in [0.3, 0.4) is 0 Å². The number of hydrogen-bond acceptors (Lipinski definition) is 3. The van der Waals surface area contributed by atoms with E-state index < -0.39 is 15.8 Å². The van der Waals surface area contributed by atoms with Crippen LogP contribution < -0.4 is 10.0 Å². The van der Waals surface area contributed by atoms with Gasteiger partial charge in [0.25, 0.3) is 10.0 Å². The van der Waals surface area contributed by atoms with Crippen LogP contribution in [0.4, 0.5) is 15.8 Å². The number of nitrogen functional groups attached to an aromatic ring is 1. The van der Waals surface area contributed by atoms with Crippen LogP contribution in [0, 0.1) is 5.82 Å². The zero-order chi connectivity index (χ0) is 14.8. The molecule has 0 unspecified atom stereocenters. The number of halogens is 1. The number of nitrogens with zero attached hydrogens (tertiary/aromatic N) is 1. The van der Waals surface area contributed by atoms with Gasteiger partial charge < -0.3 is 5.73 Å². The second kappa shape index (κ2) is 5.50. The lowest BCUT2D eigenvalue weighted by atomic mass is 10.3. The molecule has 4 nitrogen and oxygen atoms in total. The highest BCUT2D eigenvalue weighted by Crippen LogP contribution is 2.28. The van der Waals surface area contributed by atoms with Gasteiger partial charge in [-0.2, -0.15) is 0 Å². The summed E-state index contributed by atoms with van der Waals surface area (Å²) in [7, 11) is -3.76. The number of hydrogen-bond donors (Lipinski definition) is 1. The summed E-state index contributed by atoms with van der Waals surface area (Å²) >= 11 is 0. The van der Waals surface area contributed by atoms with Crippen molar-refractivity contribution in [2.24, 2.45) is 0 Å². The molecule has 0 spiro atoms. The van der Waals surface area contributed by atoms with Crippen molar-refractivity contribution in [3.63, 3.8) is 0 Å². The van der Waals surface area contributed by atoms with E-state index >= 15 is 0 Å². The molecule has 0 aliphatic rings. The molecular weight excluding hydrogens is 279 g/mol. The smallest absolute Gasteiger partial charge is 0.264 e. The zero-order valence-electron chi connectivity index (χ0n) is 11.0. The maximum atomic E-state index is 12.9. The minimum absolute atomic E-state index is 0.0315. The second-order valence-electron chi connectivity index (χ2n) is 4.18. The van der Waals surface area contributed by atoms with Gasteiger partial charge in [-0.15, -0.1) is 0 Å². The third-order valence-electron chi connectivity index (χ3n) is 2.89. The number of benzene rings is 2. The van der Waals surface area contributed by atoms with Crippen molar-refractivity contribution >= 4 is 21.4 Å². The third kappa shape index (κ3) is 2.60. The molecule has 0 saturated carbocycles. The van der Waals surface area contributed by atoms with Crippen molar-refractivity contribution in [3.05, 3.63) is 54.3 Å². The van der Waals surface area contributed by atoms with E-state index in [1.807, 2.05) is 0 Å². The van der Waals surface area contributed by atoms with Crippen LogP contribution in [0.5, 0.6) is 0 Å². The molecule has 0 bridgehead atoms. The van der Waals surface area contributed by atoms with Crippen LogP contribution in [0.2, 0.25) is 0 Å². The molecular formula is C14H15FN2O2S. The minimum Gasteiger partial charge on any atom is -0.397 e. The van der Waals surface area contributed by atoms with Crippen LogP contribution in [0.25, 0.3) is 0 Å². The maximum absolute atomic E-state index is 12.9. The third-order valence-corrected chi connectivity index (χ3v) is 4.80. The minimum atomic E-state index is -3.76. The summed E-state index contributed by atoms with van der Waals surface area (Å²) in [6.07, 6.45) is 0. The fourth-order valence-corrected chi connectivity index (χ4v) is 3.42. The monoisotopic (exact) mass is 294 g/mol.